The molecule has 0 radical (unpaired) electrons. The van der Waals surface area contributed by atoms with Crippen molar-refractivity contribution in [3.05, 3.63) is 11.6 Å². The highest BCUT2D eigenvalue weighted by Gasteiger charge is 2.23. The third kappa shape index (κ3) is 2.52. The number of ketones is 1. The lowest BCUT2D eigenvalue weighted by molar-refractivity contribution is -0.113. The van der Waals surface area contributed by atoms with Crippen LogP contribution >= 0.6 is 0 Å². The molecule has 4 nitrogen and oxygen atoms in total. The van der Waals surface area contributed by atoms with Crippen LogP contribution in [0.4, 0.5) is 0 Å². The number of carbonyl (C=O) groups is 1. The van der Waals surface area contributed by atoms with Crippen LogP contribution in [0.5, 0.6) is 0 Å². The van der Waals surface area contributed by atoms with Crippen LogP contribution in [0.25, 0.3) is 0 Å². The molecule has 4 heteroatoms. The van der Waals surface area contributed by atoms with E-state index in [1.165, 1.54) is 0 Å². The number of dihydropyridines is 1. The van der Waals surface area contributed by atoms with E-state index in [4.69, 9.17) is 4.74 Å². The fraction of sp³-hybridized carbons (Fsp3) is 0.636. The minimum Gasteiger partial charge on any atom is -0.379 e. The number of rotatable bonds is 2. The van der Waals surface area contributed by atoms with Gasteiger partial charge in [-0.2, -0.15) is 0 Å². The second-order valence-electron chi connectivity index (χ2n) is 3.88. The van der Waals surface area contributed by atoms with E-state index >= 15 is 0 Å². The van der Waals surface area contributed by atoms with Gasteiger partial charge in [-0.1, -0.05) is 0 Å². The van der Waals surface area contributed by atoms with E-state index in [-0.39, 0.29) is 11.9 Å². The Hall–Kier alpha value is -1.00. The summed E-state index contributed by atoms with van der Waals surface area (Å²) in [6.07, 6.45) is 4.45. The summed E-state index contributed by atoms with van der Waals surface area (Å²) in [5.41, 5.74) is 0.876. The number of nitrogens with zero attached hydrogens (tertiary/aromatic N) is 2. The number of hydrogen-bond donors (Lipinski definition) is 0. The average Bonchev–Trinajstić information content (AvgIpc) is 2.30. The third-order valence-corrected chi connectivity index (χ3v) is 2.86. The first-order valence-electron chi connectivity index (χ1n) is 5.32. The van der Waals surface area contributed by atoms with Gasteiger partial charge >= 0.3 is 0 Å². The molecule has 2 aliphatic heterocycles. The number of aliphatic imine (C=N–C) groups is 1. The molecule has 0 bridgehead atoms. The molecule has 82 valence electrons. The van der Waals surface area contributed by atoms with Gasteiger partial charge in [0.15, 0.2) is 5.78 Å². The molecule has 15 heavy (non-hydrogen) atoms. The summed E-state index contributed by atoms with van der Waals surface area (Å²) in [4.78, 5) is 17.9. The van der Waals surface area contributed by atoms with Crippen molar-refractivity contribution in [1.82, 2.24) is 4.90 Å². The Morgan fingerprint density at radius 3 is 2.93 bits per heavy atom. The van der Waals surface area contributed by atoms with Crippen molar-refractivity contribution in [3.8, 4) is 0 Å². The molecule has 0 aromatic rings. The van der Waals surface area contributed by atoms with Gasteiger partial charge in [0.05, 0.1) is 13.2 Å². The molecule has 2 heterocycles. The molecule has 1 atom stereocenters. The topological polar surface area (TPSA) is 41.9 Å². The van der Waals surface area contributed by atoms with Gasteiger partial charge in [0, 0.05) is 25.7 Å². The fourth-order valence-corrected chi connectivity index (χ4v) is 1.91. The van der Waals surface area contributed by atoms with Crippen molar-refractivity contribution < 1.29 is 9.53 Å². The van der Waals surface area contributed by atoms with E-state index in [2.05, 4.69) is 9.89 Å². The molecular weight excluding hydrogens is 192 g/mol. The van der Waals surface area contributed by atoms with Gasteiger partial charge in [-0.15, -0.1) is 0 Å². The van der Waals surface area contributed by atoms with Crippen LogP contribution < -0.4 is 0 Å². The molecular formula is C11H16N2O2. The highest BCUT2D eigenvalue weighted by Crippen LogP contribution is 2.17. The van der Waals surface area contributed by atoms with Crippen LogP contribution in [0.2, 0.25) is 0 Å². The summed E-state index contributed by atoms with van der Waals surface area (Å²) in [5.74, 6) is 0.152. The molecule has 0 amide bonds. The second kappa shape index (κ2) is 4.68. The highest BCUT2D eigenvalue weighted by molar-refractivity contribution is 5.97. The van der Waals surface area contributed by atoms with Crippen molar-refractivity contribution >= 4 is 12.0 Å². The maximum Gasteiger partial charge on any atom is 0.155 e. The minimum absolute atomic E-state index is 0.137. The van der Waals surface area contributed by atoms with Crippen LogP contribution in [0.1, 0.15) is 13.3 Å². The summed E-state index contributed by atoms with van der Waals surface area (Å²) in [7, 11) is 0. The Morgan fingerprint density at radius 2 is 2.27 bits per heavy atom. The Morgan fingerprint density at radius 1 is 1.53 bits per heavy atom. The van der Waals surface area contributed by atoms with Crippen molar-refractivity contribution in [2.24, 2.45) is 4.99 Å². The number of carbonyl (C=O) groups excluding carboxylic acids is 1. The summed E-state index contributed by atoms with van der Waals surface area (Å²) >= 11 is 0. The lowest BCUT2D eigenvalue weighted by Crippen LogP contribution is -2.43. The summed E-state index contributed by atoms with van der Waals surface area (Å²) < 4.78 is 5.29. The largest absolute Gasteiger partial charge is 0.379 e. The number of allylic oxidation sites excluding steroid dienone is 1. The molecule has 0 spiro atoms. The fourth-order valence-electron chi connectivity index (χ4n) is 1.91. The predicted molar refractivity (Wildman–Crippen MR) is 58.1 cm³/mol. The molecule has 0 N–H and O–H groups in total. The molecule has 2 rings (SSSR count). The Labute approximate surface area is 89.6 Å². The van der Waals surface area contributed by atoms with Crippen LogP contribution in [0, 0.1) is 0 Å². The minimum atomic E-state index is 0.137. The monoisotopic (exact) mass is 208 g/mol. The molecule has 0 saturated carbocycles. The average molecular weight is 208 g/mol. The molecule has 1 saturated heterocycles. The second-order valence-corrected chi connectivity index (χ2v) is 3.88. The van der Waals surface area contributed by atoms with Gasteiger partial charge in [0.25, 0.3) is 0 Å². The predicted octanol–water partition coefficient (Wildman–Crippen LogP) is 0.635. The summed E-state index contributed by atoms with van der Waals surface area (Å²) in [6, 6.07) is 0. The third-order valence-electron chi connectivity index (χ3n) is 2.86. The molecule has 2 aliphatic rings. The van der Waals surface area contributed by atoms with Crippen LogP contribution in [-0.2, 0) is 9.53 Å². The normalized spacial score (nSPS) is 27.5. The number of Topliss-reactive ketones (excluding diaryl/α,β-unsaturated/α-hetero) is 1. The molecule has 1 fully saturated rings. The van der Waals surface area contributed by atoms with E-state index < -0.39 is 0 Å². The van der Waals surface area contributed by atoms with E-state index in [0.717, 1.165) is 38.3 Å². The molecule has 0 aliphatic carbocycles. The number of morpholine rings is 1. The number of hydrogen-bond acceptors (Lipinski definition) is 4. The van der Waals surface area contributed by atoms with Gasteiger partial charge in [0.2, 0.25) is 0 Å². The quantitative estimate of drug-likeness (QED) is 0.668. The van der Waals surface area contributed by atoms with E-state index in [1.807, 2.05) is 6.08 Å². The van der Waals surface area contributed by atoms with E-state index in [0.29, 0.717) is 0 Å². The maximum atomic E-state index is 11.3. The van der Waals surface area contributed by atoms with Crippen molar-refractivity contribution in [2.75, 3.05) is 26.3 Å². The smallest absolute Gasteiger partial charge is 0.155 e. The summed E-state index contributed by atoms with van der Waals surface area (Å²) in [5, 5.41) is 0. The van der Waals surface area contributed by atoms with Gasteiger partial charge < -0.3 is 4.74 Å². The van der Waals surface area contributed by atoms with Crippen LogP contribution in [-0.4, -0.2) is 49.4 Å². The maximum absolute atomic E-state index is 11.3. The van der Waals surface area contributed by atoms with E-state index in [9.17, 15) is 4.79 Å². The zero-order chi connectivity index (χ0) is 10.7. The van der Waals surface area contributed by atoms with Gasteiger partial charge in [-0.05, 0) is 18.6 Å². The number of ether oxygens (including phenoxy) is 1. The molecule has 1 unspecified atom stereocenters. The Bertz CT molecular complexity index is 304. The standard InChI is InChI=1S/C11H16N2O2/c1-9(14)10-2-3-12-11(8-10)13-4-6-15-7-5-13/h2-3,11H,4-8H2,1H3. The zero-order valence-corrected chi connectivity index (χ0v) is 8.98. The van der Waals surface area contributed by atoms with Crippen LogP contribution in [0.3, 0.4) is 0 Å². The van der Waals surface area contributed by atoms with Crippen LogP contribution in [0.15, 0.2) is 16.6 Å². The van der Waals surface area contributed by atoms with Gasteiger partial charge in [-0.25, -0.2) is 0 Å². The summed E-state index contributed by atoms with van der Waals surface area (Å²) in [6.45, 7) is 4.97. The highest BCUT2D eigenvalue weighted by atomic mass is 16.5. The van der Waals surface area contributed by atoms with Crippen molar-refractivity contribution in [3.63, 3.8) is 0 Å². The van der Waals surface area contributed by atoms with E-state index in [1.54, 1.807) is 13.1 Å². The Kier molecular flexibility index (Phi) is 3.28. The van der Waals surface area contributed by atoms with Gasteiger partial charge in [-0.3, -0.25) is 14.7 Å². The molecule has 0 aromatic carbocycles. The lowest BCUT2D eigenvalue weighted by Gasteiger charge is -2.33. The first-order valence-corrected chi connectivity index (χ1v) is 5.32. The van der Waals surface area contributed by atoms with Gasteiger partial charge in [0.1, 0.15) is 6.17 Å². The zero-order valence-electron chi connectivity index (χ0n) is 8.98. The Balaban J connectivity index is 1.98. The first-order chi connectivity index (χ1) is 7.27. The SMILES string of the molecule is CC(=O)C1=CC=NC(N2CCOCC2)C1. The lowest BCUT2D eigenvalue weighted by atomic mass is 10.0. The van der Waals surface area contributed by atoms with Crippen molar-refractivity contribution in [2.45, 2.75) is 19.5 Å². The van der Waals surface area contributed by atoms with Crippen molar-refractivity contribution in [1.29, 1.82) is 0 Å². The first kappa shape index (κ1) is 10.5. The molecule has 0 aromatic heterocycles.